The average Bonchev–Trinajstić information content (AvgIpc) is 2.86. The highest BCUT2D eigenvalue weighted by atomic mass is 15.3. The monoisotopic (exact) mass is 233 g/mol. The van der Waals surface area contributed by atoms with Crippen LogP contribution in [0.2, 0.25) is 0 Å². The SMILES string of the molecule is CC(C)n1ccc(CC(N)c2cncn2C)n1. The van der Waals surface area contributed by atoms with Gasteiger partial charge in [0.15, 0.2) is 0 Å². The van der Waals surface area contributed by atoms with Gasteiger partial charge in [-0.15, -0.1) is 0 Å². The van der Waals surface area contributed by atoms with Crippen LogP contribution in [0.1, 0.15) is 37.3 Å². The van der Waals surface area contributed by atoms with Crippen molar-refractivity contribution in [3.63, 3.8) is 0 Å². The third-order valence-electron chi connectivity index (χ3n) is 2.86. The lowest BCUT2D eigenvalue weighted by Crippen LogP contribution is -2.17. The number of hydrogen-bond donors (Lipinski definition) is 1. The first-order valence-corrected chi connectivity index (χ1v) is 5.83. The molecular formula is C12H19N5. The van der Waals surface area contributed by atoms with Gasteiger partial charge in [0.05, 0.1) is 23.8 Å². The third kappa shape index (κ3) is 2.55. The van der Waals surface area contributed by atoms with Crippen LogP contribution in [0.5, 0.6) is 0 Å². The second-order valence-corrected chi connectivity index (χ2v) is 4.62. The van der Waals surface area contributed by atoms with Crippen LogP contribution in [0.4, 0.5) is 0 Å². The summed E-state index contributed by atoms with van der Waals surface area (Å²) in [4.78, 5) is 4.08. The molecule has 0 spiro atoms. The summed E-state index contributed by atoms with van der Waals surface area (Å²) in [7, 11) is 1.95. The molecule has 2 aromatic rings. The molecule has 0 saturated carbocycles. The highest BCUT2D eigenvalue weighted by Gasteiger charge is 2.12. The number of nitrogens with two attached hydrogens (primary N) is 1. The van der Waals surface area contributed by atoms with Crippen LogP contribution in [0.3, 0.4) is 0 Å². The minimum absolute atomic E-state index is 0.0574. The average molecular weight is 233 g/mol. The summed E-state index contributed by atoms with van der Waals surface area (Å²) in [5.41, 5.74) is 8.20. The molecular weight excluding hydrogens is 214 g/mol. The summed E-state index contributed by atoms with van der Waals surface area (Å²) in [6.45, 7) is 4.22. The first-order valence-electron chi connectivity index (χ1n) is 5.83. The smallest absolute Gasteiger partial charge is 0.0946 e. The fraction of sp³-hybridized carbons (Fsp3) is 0.500. The van der Waals surface area contributed by atoms with E-state index in [-0.39, 0.29) is 6.04 Å². The van der Waals surface area contributed by atoms with Crippen molar-refractivity contribution >= 4 is 0 Å². The topological polar surface area (TPSA) is 61.7 Å². The van der Waals surface area contributed by atoms with Crippen molar-refractivity contribution in [2.75, 3.05) is 0 Å². The molecule has 0 saturated heterocycles. The molecule has 0 aromatic carbocycles. The normalized spacial score (nSPS) is 13.2. The van der Waals surface area contributed by atoms with E-state index in [1.807, 2.05) is 34.8 Å². The number of nitrogens with zero attached hydrogens (tertiary/aromatic N) is 4. The Labute approximate surface area is 101 Å². The van der Waals surface area contributed by atoms with Crippen molar-refractivity contribution in [2.45, 2.75) is 32.4 Å². The van der Waals surface area contributed by atoms with Crippen LogP contribution in [0.15, 0.2) is 24.8 Å². The zero-order valence-corrected chi connectivity index (χ0v) is 10.5. The molecule has 5 heteroatoms. The Bertz CT molecular complexity index is 483. The maximum atomic E-state index is 6.15. The van der Waals surface area contributed by atoms with E-state index in [9.17, 15) is 0 Å². The summed E-state index contributed by atoms with van der Waals surface area (Å²) >= 11 is 0. The largest absolute Gasteiger partial charge is 0.336 e. The second-order valence-electron chi connectivity index (χ2n) is 4.62. The second kappa shape index (κ2) is 4.71. The standard InChI is InChI=1S/C12H19N5/c1-9(2)17-5-4-10(15-17)6-11(13)12-7-14-8-16(12)3/h4-5,7-9,11H,6,13H2,1-3H3. The molecule has 2 N–H and O–H groups in total. The fourth-order valence-corrected chi connectivity index (χ4v) is 1.83. The van der Waals surface area contributed by atoms with Crippen molar-refractivity contribution in [2.24, 2.45) is 12.8 Å². The molecule has 17 heavy (non-hydrogen) atoms. The van der Waals surface area contributed by atoms with Crippen LogP contribution < -0.4 is 5.73 Å². The van der Waals surface area contributed by atoms with Gasteiger partial charge in [0.25, 0.3) is 0 Å². The maximum absolute atomic E-state index is 6.15. The highest BCUT2D eigenvalue weighted by molar-refractivity contribution is 5.10. The van der Waals surface area contributed by atoms with E-state index in [4.69, 9.17) is 5.73 Å². The predicted octanol–water partition coefficient (Wildman–Crippen LogP) is 1.44. The summed E-state index contributed by atoms with van der Waals surface area (Å²) in [6, 6.07) is 2.35. The van der Waals surface area contributed by atoms with Gasteiger partial charge in [0.1, 0.15) is 0 Å². The molecule has 92 valence electrons. The zero-order chi connectivity index (χ0) is 12.4. The Hall–Kier alpha value is -1.62. The van der Waals surface area contributed by atoms with E-state index in [2.05, 4.69) is 23.9 Å². The molecule has 1 unspecified atom stereocenters. The number of aromatic nitrogens is 4. The van der Waals surface area contributed by atoms with Gasteiger partial charge in [-0.05, 0) is 19.9 Å². The van der Waals surface area contributed by atoms with Crippen LogP contribution in [0, 0.1) is 0 Å². The van der Waals surface area contributed by atoms with E-state index >= 15 is 0 Å². The van der Waals surface area contributed by atoms with Gasteiger partial charge in [-0.3, -0.25) is 4.68 Å². The Balaban J connectivity index is 2.08. The lowest BCUT2D eigenvalue weighted by molar-refractivity contribution is 0.521. The Morgan fingerprint density at radius 1 is 1.41 bits per heavy atom. The third-order valence-corrected chi connectivity index (χ3v) is 2.86. The van der Waals surface area contributed by atoms with Gasteiger partial charge >= 0.3 is 0 Å². The molecule has 2 heterocycles. The van der Waals surface area contributed by atoms with E-state index in [0.717, 1.165) is 17.8 Å². The molecule has 0 bridgehead atoms. The van der Waals surface area contributed by atoms with E-state index < -0.39 is 0 Å². The quantitative estimate of drug-likeness (QED) is 0.869. The first-order chi connectivity index (χ1) is 8.08. The zero-order valence-electron chi connectivity index (χ0n) is 10.5. The fourth-order valence-electron chi connectivity index (χ4n) is 1.83. The van der Waals surface area contributed by atoms with E-state index in [1.54, 1.807) is 6.33 Å². The van der Waals surface area contributed by atoms with Gasteiger partial charge in [-0.1, -0.05) is 0 Å². The molecule has 0 aliphatic carbocycles. The Morgan fingerprint density at radius 3 is 2.71 bits per heavy atom. The Kier molecular flexibility index (Phi) is 3.28. The van der Waals surface area contributed by atoms with Crippen LogP contribution >= 0.6 is 0 Å². The number of rotatable bonds is 4. The van der Waals surface area contributed by atoms with Gasteiger partial charge < -0.3 is 10.3 Å². The lowest BCUT2D eigenvalue weighted by Gasteiger charge is -2.10. The molecule has 0 fully saturated rings. The van der Waals surface area contributed by atoms with Crippen molar-refractivity contribution in [1.82, 2.24) is 19.3 Å². The molecule has 2 aromatic heterocycles. The summed E-state index contributed by atoms with van der Waals surface area (Å²) < 4.78 is 3.90. The minimum atomic E-state index is -0.0574. The lowest BCUT2D eigenvalue weighted by atomic mass is 10.1. The minimum Gasteiger partial charge on any atom is -0.336 e. The first kappa shape index (κ1) is 11.9. The predicted molar refractivity (Wildman–Crippen MR) is 66.5 cm³/mol. The summed E-state index contributed by atoms with van der Waals surface area (Å²) in [5, 5.41) is 4.50. The van der Waals surface area contributed by atoms with Gasteiger partial charge in [0, 0.05) is 31.9 Å². The van der Waals surface area contributed by atoms with Crippen LogP contribution in [-0.4, -0.2) is 19.3 Å². The molecule has 0 amide bonds. The van der Waals surface area contributed by atoms with Crippen LogP contribution in [-0.2, 0) is 13.5 Å². The molecule has 5 nitrogen and oxygen atoms in total. The van der Waals surface area contributed by atoms with E-state index in [0.29, 0.717) is 6.04 Å². The molecule has 0 radical (unpaired) electrons. The molecule has 1 atom stereocenters. The van der Waals surface area contributed by atoms with Crippen molar-refractivity contribution in [1.29, 1.82) is 0 Å². The summed E-state index contributed by atoms with van der Waals surface area (Å²) in [6.07, 6.45) is 6.31. The van der Waals surface area contributed by atoms with Gasteiger partial charge in [-0.25, -0.2) is 4.98 Å². The van der Waals surface area contributed by atoms with Crippen molar-refractivity contribution in [3.05, 3.63) is 36.2 Å². The van der Waals surface area contributed by atoms with Crippen molar-refractivity contribution < 1.29 is 0 Å². The molecule has 0 aliphatic rings. The van der Waals surface area contributed by atoms with Gasteiger partial charge in [0.2, 0.25) is 0 Å². The molecule has 0 aliphatic heterocycles. The maximum Gasteiger partial charge on any atom is 0.0946 e. The number of hydrogen-bond acceptors (Lipinski definition) is 3. The number of imidazole rings is 1. The van der Waals surface area contributed by atoms with Crippen molar-refractivity contribution in [3.8, 4) is 0 Å². The summed E-state index contributed by atoms with van der Waals surface area (Å²) in [5.74, 6) is 0. The van der Waals surface area contributed by atoms with E-state index in [1.165, 1.54) is 0 Å². The van der Waals surface area contributed by atoms with Gasteiger partial charge in [-0.2, -0.15) is 5.10 Å². The highest BCUT2D eigenvalue weighted by Crippen LogP contribution is 2.14. The molecule has 2 rings (SSSR count). The number of aryl methyl sites for hydroxylation is 1. The van der Waals surface area contributed by atoms with Crippen LogP contribution in [0.25, 0.3) is 0 Å². The Morgan fingerprint density at radius 2 is 2.18 bits per heavy atom.